The minimum atomic E-state index is 0.146. The first-order chi connectivity index (χ1) is 10.7. The summed E-state index contributed by atoms with van der Waals surface area (Å²) in [5, 5.41) is 3.02. The first kappa shape index (κ1) is 17.3. The molecule has 1 atom stereocenters. The Morgan fingerprint density at radius 2 is 1.77 bits per heavy atom. The zero-order valence-electron chi connectivity index (χ0n) is 14.1. The molecule has 1 aliphatic heterocycles. The number of carbonyl (C=O) groups excluding carboxylic acids is 2. The van der Waals surface area contributed by atoms with Crippen LogP contribution in [0.5, 0.6) is 0 Å². The van der Waals surface area contributed by atoms with Gasteiger partial charge in [-0.2, -0.15) is 0 Å². The molecule has 0 aromatic carbocycles. The largest absolute Gasteiger partial charge is 0.356 e. The fourth-order valence-electron chi connectivity index (χ4n) is 3.80. The molecule has 0 bridgehead atoms. The van der Waals surface area contributed by atoms with E-state index in [-0.39, 0.29) is 5.91 Å². The molecule has 1 N–H and O–H groups in total. The Morgan fingerprint density at radius 1 is 1.05 bits per heavy atom. The van der Waals surface area contributed by atoms with Crippen molar-refractivity contribution in [2.75, 3.05) is 19.6 Å². The monoisotopic (exact) mass is 308 g/mol. The molecular formula is C18H32N2O2. The lowest BCUT2D eigenvalue weighted by atomic mass is 9.86. The third-order valence-electron chi connectivity index (χ3n) is 5.12. The number of amides is 2. The van der Waals surface area contributed by atoms with E-state index < -0.39 is 0 Å². The molecule has 2 amide bonds. The average molecular weight is 308 g/mol. The SMILES string of the molecule is CCCC(=O)NCC1CCCN(C(=O)CC2CCCCC2)C1. The Bertz CT molecular complexity index is 364. The van der Waals surface area contributed by atoms with Gasteiger partial charge in [0.25, 0.3) is 0 Å². The van der Waals surface area contributed by atoms with Gasteiger partial charge in [-0.15, -0.1) is 0 Å². The third kappa shape index (κ3) is 5.62. The molecule has 0 spiro atoms. The lowest BCUT2D eigenvalue weighted by Crippen LogP contribution is -2.44. The number of nitrogens with zero attached hydrogens (tertiary/aromatic N) is 1. The van der Waals surface area contributed by atoms with Crippen LogP contribution in [-0.4, -0.2) is 36.3 Å². The lowest BCUT2D eigenvalue weighted by Gasteiger charge is -2.34. The molecule has 4 heteroatoms. The number of hydrogen-bond acceptors (Lipinski definition) is 2. The van der Waals surface area contributed by atoms with Crippen molar-refractivity contribution in [3.63, 3.8) is 0 Å². The normalized spacial score (nSPS) is 23.3. The molecule has 1 saturated carbocycles. The quantitative estimate of drug-likeness (QED) is 0.819. The maximum Gasteiger partial charge on any atom is 0.222 e. The van der Waals surface area contributed by atoms with E-state index >= 15 is 0 Å². The molecule has 0 aromatic rings. The summed E-state index contributed by atoms with van der Waals surface area (Å²) in [5.74, 6) is 1.54. The van der Waals surface area contributed by atoms with E-state index in [2.05, 4.69) is 10.2 Å². The van der Waals surface area contributed by atoms with Gasteiger partial charge in [-0.1, -0.05) is 26.2 Å². The topological polar surface area (TPSA) is 49.4 Å². The van der Waals surface area contributed by atoms with Crippen LogP contribution < -0.4 is 5.32 Å². The number of carbonyl (C=O) groups is 2. The van der Waals surface area contributed by atoms with Crippen molar-refractivity contribution in [2.45, 2.75) is 71.1 Å². The highest BCUT2D eigenvalue weighted by Gasteiger charge is 2.26. The van der Waals surface area contributed by atoms with E-state index in [4.69, 9.17) is 0 Å². The van der Waals surface area contributed by atoms with Crippen LogP contribution in [0.15, 0.2) is 0 Å². The smallest absolute Gasteiger partial charge is 0.222 e. The number of likely N-dealkylation sites (tertiary alicyclic amines) is 1. The Hall–Kier alpha value is -1.06. The van der Waals surface area contributed by atoms with Crippen LogP contribution in [0.25, 0.3) is 0 Å². The Morgan fingerprint density at radius 3 is 2.50 bits per heavy atom. The number of rotatable bonds is 6. The summed E-state index contributed by atoms with van der Waals surface area (Å²) in [6.07, 6.45) is 10.8. The highest BCUT2D eigenvalue weighted by molar-refractivity contribution is 5.77. The Labute approximate surface area is 135 Å². The van der Waals surface area contributed by atoms with E-state index in [0.717, 1.165) is 45.3 Å². The van der Waals surface area contributed by atoms with Gasteiger partial charge in [0.2, 0.25) is 11.8 Å². The van der Waals surface area contributed by atoms with E-state index in [0.29, 0.717) is 24.2 Å². The zero-order chi connectivity index (χ0) is 15.8. The van der Waals surface area contributed by atoms with Crippen LogP contribution in [0.4, 0.5) is 0 Å². The van der Waals surface area contributed by atoms with Gasteiger partial charge in [0.15, 0.2) is 0 Å². The van der Waals surface area contributed by atoms with E-state index in [1.807, 2.05) is 6.92 Å². The molecule has 22 heavy (non-hydrogen) atoms. The Kier molecular flexibility index (Phi) is 7.20. The van der Waals surface area contributed by atoms with Crippen molar-refractivity contribution >= 4 is 11.8 Å². The van der Waals surface area contributed by atoms with Gasteiger partial charge in [0, 0.05) is 32.5 Å². The second-order valence-electron chi connectivity index (χ2n) is 7.11. The highest BCUT2D eigenvalue weighted by Crippen LogP contribution is 2.27. The molecule has 0 radical (unpaired) electrons. The maximum absolute atomic E-state index is 12.5. The first-order valence-electron chi connectivity index (χ1n) is 9.23. The summed E-state index contributed by atoms with van der Waals surface area (Å²) < 4.78 is 0. The van der Waals surface area contributed by atoms with Crippen molar-refractivity contribution in [3.8, 4) is 0 Å². The first-order valence-corrected chi connectivity index (χ1v) is 9.23. The van der Waals surface area contributed by atoms with Crippen LogP contribution in [0.2, 0.25) is 0 Å². The molecular weight excluding hydrogens is 276 g/mol. The molecule has 126 valence electrons. The average Bonchev–Trinajstić information content (AvgIpc) is 2.54. The fraction of sp³-hybridized carbons (Fsp3) is 0.889. The molecule has 1 aliphatic carbocycles. The van der Waals surface area contributed by atoms with Crippen molar-refractivity contribution in [2.24, 2.45) is 11.8 Å². The van der Waals surface area contributed by atoms with Crippen molar-refractivity contribution < 1.29 is 9.59 Å². The minimum absolute atomic E-state index is 0.146. The second kappa shape index (κ2) is 9.16. The van der Waals surface area contributed by atoms with E-state index in [9.17, 15) is 9.59 Å². The Balaban J connectivity index is 1.72. The summed E-state index contributed by atoms with van der Waals surface area (Å²) >= 11 is 0. The highest BCUT2D eigenvalue weighted by atomic mass is 16.2. The number of piperidine rings is 1. The van der Waals surface area contributed by atoms with Crippen molar-refractivity contribution in [3.05, 3.63) is 0 Å². The van der Waals surface area contributed by atoms with Gasteiger partial charge in [-0.05, 0) is 43.9 Å². The standard InChI is InChI=1S/C18H32N2O2/c1-2-7-17(21)19-13-16-10-6-11-20(14-16)18(22)12-15-8-4-3-5-9-15/h15-16H,2-14H2,1H3,(H,19,21). The molecule has 2 rings (SSSR count). The van der Waals surface area contributed by atoms with Crippen LogP contribution in [0.1, 0.15) is 71.1 Å². The van der Waals surface area contributed by atoms with Gasteiger partial charge in [0.1, 0.15) is 0 Å². The molecule has 0 aromatic heterocycles. The molecule has 1 heterocycles. The van der Waals surface area contributed by atoms with Gasteiger partial charge in [0.05, 0.1) is 0 Å². The molecule has 2 fully saturated rings. The molecule has 2 aliphatic rings. The zero-order valence-corrected chi connectivity index (χ0v) is 14.1. The maximum atomic E-state index is 12.5. The summed E-state index contributed by atoms with van der Waals surface area (Å²) in [6, 6.07) is 0. The third-order valence-corrected chi connectivity index (χ3v) is 5.12. The van der Waals surface area contributed by atoms with Gasteiger partial charge < -0.3 is 10.2 Å². The number of hydrogen-bond donors (Lipinski definition) is 1. The molecule has 1 unspecified atom stereocenters. The van der Waals surface area contributed by atoms with Crippen molar-refractivity contribution in [1.82, 2.24) is 10.2 Å². The van der Waals surface area contributed by atoms with Crippen LogP contribution >= 0.6 is 0 Å². The summed E-state index contributed by atoms with van der Waals surface area (Å²) in [6.45, 7) is 4.49. The van der Waals surface area contributed by atoms with E-state index in [1.165, 1.54) is 32.1 Å². The van der Waals surface area contributed by atoms with Crippen molar-refractivity contribution in [1.29, 1.82) is 0 Å². The van der Waals surface area contributed by atoms with Crippen LogP contribution in [0.3, 0.4) is 0 Å². The lowest BCUT2D eigenvalue weighted by molar-refractivity contribution is -0.134. The van der Waals surface area contributed by atoms with Crippen LogP contribution in [-0.2, 0) is 9.59 Å². The fourth-order valence-corrected chi connectivity index (χ4v) is 3.80. The van der Waals surface area contributed by atoms with Gasteiger partial charge in [-0.3, -0.25) is 9.59 Å². The second-order valence-corrected chi connectivity index (χ2v) is 7.11. The van der Waals surface area contributed by atoms with Gasteiger partial charge in [-0.25, -0.2) is 0 Å². The minimum Gasteiger partial charge on any atom is -0.356 e. The predicted molar refractivity (Wildman–Crippen MR) is 88.4 cm³/mol. The summed E-state index contributed by atoms with van der Waals surface area (Å²) in [7, 11) is 0. The van der Waals surface area contributed by atoms with E-state index in [1.54, 1.807) is 0 Å². The summed E-state index contributed by atoms with van der Waals surface area (Å²) in [4.78, 5) is 26.1. The molecule has 1 saturated heterocycles. The summed E-state index contributed by atoms with van der Waals surface area (Å²) in [5.41, 5.74) is 0. The van der Waals surface area contributed by atoms with Crippen LogP contribution in [0, 0.1) is 11.8 Å². The molecule has 4 nitrogen and oxygen atoms in total. The predicted octanol–water partition coefficient (Wildman–Crippen LogP) is 3.11. The van der Waals surface area contributed by atoms with Gasteiger partial charge >= 0.3 is 0 Å². The number of nitrogens with one attached hydrogen (secondary N) is 1.